The third-order valence-electron chi connectivity index (χ3n) is 2.16. The fraction of sp³-hybridized carbons (Fsp3) is 0.600. The van der Waals surface area contributed by atoms with Gasteiger partial charge in [0.2, 0.25) is 0 Å². The summed E-state index contributed by atoms with van der Waals surface area (Å²) in [5, 5.41) is 0. The largest absolute Gasteiger partial charge is 0.372 e. The summed E-state index contributed by atoms with van der Waals surface area (Å²) in [4.78, 5) is 2.22. The first-order valence-electron chi connectivity index (χ1n) is 4.55. The third-order valence-corrected chi connectivity index (χ3v) is 2.16. The summed E-state index contributed by atoms with van der Waals surface area (Å²) in [5.74, 6) is 0. The molecule has 0 spiro atoms. The van der Waals surface area contributed by atoms with E-state index in [1.807, 2.05) is 12.2 Å². The van der Waals surface area contributed by atoms with Gasteiger partial charge in [-0.2, -0.15) is 0 Å². The molecule has 1 aliphatic rings. The lowest BCUT2D eigenvalue weighted by Gasteiger charge is -2.24. The smallest absolute Gasteiger partial charge is 0.122 e. The number of likely N-dealkylation sites (N-methyl/N-ethyl adjacent to an activating group) is 1. The molecule has 0 aliphatic heterocycles. The molecule has 1 atom stereocenters. The van der Waals surface area contributed by atoms with Gasteiger partial charge in [0, 0.05) is 25.2 Å². The van der Waals surface area contributed by atoms with E-state index >= 15 is 0 Å². The molecule has 0 aromatic heterocycles. The summed E-state index contributed by atoms with van der Waals surface area (Å²) in [6, 6.07) is 0. The predicted molar refractivity (Wildman–Crippen MR) is 49.7 cm³/mol. The molecule has 0 saturated heterocycles. The summed E-state index contributed by atoms with van der Waals surface area (Å²) in [6.45, 7) is 6.20. The second-order valence-electron chi connectivity index (χ2n) is 2.91. The Morgan fingerprint density at radius 2 is 2.17 bits per heavy atom. The van der Waals surface area contributed by atoms with Crippen molar-refractivity contribution in [2.24, 2.45) is 0 Å². The Bertz CT molecular complexity index is 192. The van der Waals surface area contributed by atoms with E-state index in [-0.39, 0.29) is 0 Å². The van der Waals surface area contributed by atoms with Crippen LogP contribution < -0.4 is 0 Å². The average Bonchev–Trinajstić information content (AvgIpc) is 2.10. The monoisotopic (exact) mass is 169 g/mol. The first-order valence-corrected chi connectivity index (χ1v) is 4.55. The van der Waals surface area contributed by atoms with Gasteiger partial charge in [0.25, 0.3) is 0 Å². The summed E-state index contributed by atoms with van der Waals surface area (Å²) in [5.41, 5.74) is 1.16. The van der Waals surface area contributed by atoms with Gasteiger partial charge in [-0.15, -0.1) is 0 Å². The molecule has 12 heavy (non-hydrogen) atoms. The minimum atomic E-state index is -0.774. The van der Waals surface area contributed by atoms with Gasteiger partial charge in [-0.05, 0) is 26.0 Å². The molecule has 1 aliphatic carbocycles. The van der Waals surface area contributed by atoms with Crippen molar-refractivity contribution < 1.29 is 4.39 Å². The van der Waals surface area contributed by atoms with E-state index in [9.17, 15) is 4.39 Å². The minimum absolute atomic E-state index is 0.530. The SMILES string of the molecule is CCN(CC)C1=CCC(F)C=C1. The molecule has 68 valence electrons. The van der Waals surface area contributed by atoms with Gasteiger partial charge in [-0.3, -0.25) is 0 Å². The van der Waals surface area contributed by atoms with Crippen LogP contribution in [0.25, 0.3) is 0 Å². The van der Waals surface area contributed by atoms with E-state index in [0.717, 1.165) is 18.8 Å². The van der Waals surface area contributed by atoms with E-state index < -0.39 is 6.17 Å². The molecule has 1 nitrogen and oxygen atoms in total. The Morgan fingerprint density at radius 3 is 2.58 bits per heavy atom. The molecule has 0 N–H and O–H groups in total. The molecule has 0 fully saturated rings. The Labute approximate surface area is 73.6 Å². The first kappa shape index (κ1) is 9.30. The zero-order valence-electron chi connectivity index (χ0n) is 7.76. The highest BCUT2D eigenvalue weighted by molar-refractivity contribution is 5.23. The fourth-order valence-electron chi connectivity index (χ4n) is 1.41. The molecular weight excluding hydrogens is 153 g/mol. The highest BCUT2D eigenvalue weighted by Crippen LogP contribution is 2.15. The van der Waals surface area contributed by atoms with Crippen LogP contribution in [0.1, 0.15) is 20.3 Å². The summed E-state index contributed by atoms with van der Waals surface area (Å²) in [7, 11) is 0. The lowest BCUT2D eigenvalue weighted by atomic mass is 10.1. The molecule has 0 aromatic carbocycles. The number of rotatable bonds is 3. The van der Waals surface area contributed by atoms with Crippen LogP contribution >= 0.6 is 0 Å². The maximum absolute atomic E-state index is 12.7. The number of alkyl halides is 1. The van der Waals surface area contributed by atoms with E-state index in [2.05, 4.69) is 18.7 Å². The molecule has 0 saturated carbocycles. The minimum Gasteiger partial charge on any atom is -0.372 e. The zero-order chi connectivity index (χ0) is 8.97. The van der Waals surface area contributed by atoms with Crippen molar-refractivity contribution >= 4 is 0 Å². The summed E-state index contributed by atoms with van der Waals surface area (Å²) < 4.78 is 12.7. The van der Waals surface area contributed by atoms with Crippen LogP contribution in [0.5, 0.6) is 0 Å². The van der Waals surface area contributed by atoms with Crippen LogP contribution in [0.15, 0.2) is 23.9 Å². The van der Waals surface area contributed by atoms with E-state index in [1.165, 1.54) is 0 Å². The van der Waals surface area contributed by atoms with Gasteiger partial charge >= 0.3 is 0 Å². The molecule has 1 rings (SSSR count). The van der Waals surface area contributed by atoms with Crippen LogP contribution in [-0.2, 0) is 0 Å². The molecule has 0 heterocycles. The summed E-state index contributed by atoms with van der Waals surface area (Å²) >= 11 is 0. The Hall–Kier alpha value is -0.790. The van der Waals surface area contributed by atoms with Gasteiger partial charge in [0.05, 0.1) is 0 Å². The second-order valence-corrected chi connectivity index (χ2v) is 2.91. The molecule has 0 radical (unpaired) electrons. The van der Waals surface area contributed by atoms with Crippen molar-refractivity contribution in [2.45, 2.75) is 26.4 Å². The standard InChI is InChI=1S/C10H16FN/c1-3-12(4-2)10-7-5-9(11)6-8-10/h5,7-9H,3-4,6H2,1-2H3. The van der Waals surface area contributed by atoms with Crippen LogP contribution in [-0.4, -0.2) is 24.2 Å². The maximum atomic E-state index is 12.7. The maximum Gasteiger partial charge on any atom is 0.122 e. The molecule has 2 heteroatoms. The fourth-order valence-corrected chi connectivity index (χ4v) is 1.41. The number of hydrogen-bond acceptors (Lipinski definition) is 1. The van der Waals surface area contributed by atoms with E-state index in [1.54, 1.807) is 6.08 Å². The quantitative estimate of drug-likeness (QED) is 0.627. The molecular formula is C10H16FN. The second kappa shape index (κ2) is 4.29. The number of hydrogen-bond donors (Lipinski definition) is 0. The van der Waals surface area contributed by atoms with Gasteiger partial charge in [0.15, 0.2) is 0 Å². The van der Waals surface area contributed by atoms with Crippen LogP contribution in [0, 0.1) is 0 Å². The van der Waals surface area contributed by atoms with Gasteiger partial charge in [-0.1, -0.05) is 6.08 Å². The Kier molecular flexibility index (Phi) is 3.32. The molecule has 0 bridgehead atoms. The van der Waals surface area contributed by atoms with E-state index in [0.29, 0.717) is 6.42 Å². The van der Waals surface area contributed by atoms with Crippen molar-refractivity contribution in [3.05, 3.63) is 23.9 Å². The summed E-state index contributed by atoms with van der Waals surface area (Å²) in [6.07, 6.45) is 5.23. The van der Waals surface area contributed by atoms with E-state index in [4.69, 9.17) is 0 Å². The van der Waals surface area contributed by atoms with Crippen molar-refractivity contribution in [2.75, 3.05) is 13.1 Å². The number of halogens is 1. The van der Waals surface area contributed by atoms with Crippen molar-refractivity contribution in [3.63, 3.8) is 0 Å². The number of allylic oxidation sites excluding steroid dienone is 3. The third kappa shape index (κ3) is 2.10. The average molecular weight is 169 g/mol. The predicted octanol–water partition coefficient (Wildman–Crippen LogP) is 2.51. The molecule has 1 unspecified atom stereocenters. The normalized spacial score (nSPS) is 22.2. The Morgan fingerprint density at radius 1 is 1.50 bits per heavy atom. The van der Waals surface area contributed by atoms with Crippen molar-refractivity contribution in [1.82, 2.24) is 4.90 Å². The first-order chi connectivity index (χ1) is 5.77. The lowest BCUT2D eigenvalue weighted by Crippen LogP contribution is -2.22. The van der Waals surface area contributed by atoms with Crippen LogP contribution in [0.4, 0.5) is 4.39 Å². The van der Waals surface area contributed by atoms with Crippen molar-refractivity contribution in [3.8, 4) is 0 Å². The highest BCUT2D eigenvalue weighted by atomic mass is 19.1. The zero-order valence-corrected chi connectivity index (χ0v) is 7.76. The van der Waals surface area contributed by atoms with Crippen LogP contribution in [0.3, 0.4) is 0 Å². The number of nitrogens with zero attached hydrogens (tertiary/aromatic N) is 1. The van der Waals surface area contributed by atoms with Crippen LogP contribution in [0.2, 0.25) is 0 Å². The molecule has 0 aromatic rings. The van der Waals surface area contributed by atoms with Gasteiger partial charge in [-0.25, -0.2) is 4.39 Å². The molecule has 0 amide bonds. The van der Waals surface area contributed by atoms with Crippen molar-refractivity contribution in [1.29, 1.82) is 0 Å². The highest BCUT2D eigenvalue weighted by Gasteiger charge is 2.09. The van der Waals surface area contributed by atoms with Gasteiger partial charge < -0.3 is 4.90 Å². The topological polar surface area (TPSA) is 3.24 Å². The lowest BCUT2D eigenvalue weighted by molar-refractivity contribution is 0.367. The van der Waals surface area contributed by atoms with Gasteiger partial charge in [0.1, 0.15) is 6.17 Å². The Balaban J connectivity index is 2.58.